The van der Waals surface area contributed by atoms with E-state index in [9.17, 15) is 5.11 Å². The van der Waals surface area contributed by atoms with Crippen LogP contribution in [0.5, 0.6) is 0 Å². The maximum Gasteiger partial charge on any atom is 0.184 e. The average Bonchev–Trinajstić information content (AvgIpc) is 2.26. The highest BCUT2D eigenvalue weighted by Gasteiger charge is 2.42. The molecule has 1 heterocycles. The molecule has 5 nitrogen and oxygen atoms in total. The Balaban J connectivity index is 2.55. The fourth-order valence-corrected chi connectivity index (χ4v) is 1.12. The molecule has 5 heteroatoms. The van der Waals surface area contributed by atoms with Gasteiger partial charge >= 0.3 is 0 Å². The second kappa shape index (κ2) is 3.46. The molecular weight excluding hydrogens is 152 g/mol. The fourth-order valence-electron chi connectivity index (χ4n) is 1.12. The second-order valence-electron chi connectivity index (χ2n) is 2.44. The first-order valence-electron chi connectivity index (χ1n) is 3.36. The summed E-state index contributed by atoms with van der Waals surface area (Å²) in [4.78, 5) is 0. The van der Waals surface area contributed by atoms with E-state index in [0.29, 0.717) is 0 Å². The van der Waals surface area contributed by atoms with Crippen LogP contribution in [0.4, 0.5) is 0 Å². The first-order valence-corrected chi connectivity index (χ1v) is 3.36. The van der Waals surface area contributed by atoms with Crippen LogP contribution in [0.15, 0.2) is 0 Å². The molecule has 3 N–H and O–H groups in total. The van der Waals surface area contributed by atoms with Crippen LogP contribution in [0.2, 0.25) is 0 Å². The first kappa shape index (κ1) is 8.89. The molecule has 0 aliphatic carbocycles. The number of ether oxygens (including phenoxy) is 2. The maximum atomic E-state index is 9.25. The Morgan fingerprint density at radius 3 is 2.36 bits per heavy atom. The number of aliphatic hydroxyl groups is 3. The van der Waals surface area contributed by atoms with E-state index in [0.717, 1.165) is 0 Å². The van der Waals surface area contributed by atoms with E-state index in [1.54, 1.807) is 0 Å². The summed E-state index contributed by atoms with van der Waals surface area (Å²) in [5.74, 6) is 0. The van der Waals surface area contributed by atoms with Gasteiger partial charge in [-0.2, -0.15) is 0 Å². The molecule has 0 aromatic heterocycles. The molecule has 1 rings (SSSR count). The second-order valence-corrected chi connectivity index (χ2v) is 2.44. The van der Waals surface area contributed by atoms with Crippen LogP contribution in [-0.2, 0) is 9.47 Å². The van der Waals surface area contributed by atoms with Gasteiger partial charge in [-0.3, -0.25) is 0 Å². The number of hydrogen-bond acceptors (Lipinski definition) is 5. The molecule has 0 radical (unpaired) electrons. The predicted octanol–water partition coefficient (Wildman–Crippen LogP) is -1.93. The summed E-state index contributed by atoms with van der Waals surface area (Å²) < 4.78 is 9.49. The van der Waals surface area contributed by atoms with Crippen LogP contribution < -0.4 is 0 Å². The molecule has 0 spiro atoms. The van der Waals surface area contributed by atoms with Crippen LogP contribution in [0, 0.1) is 0 Å². The molecule has 1 fully saturated rings. The average molecular weight is 164 g/mol. The van der Waals surface area contributed by atoms with Crippen molar-refractivity contribution < 1.29 is 24.8 Å². The van der Waals surface area contributed by atoms with Gasteiger partial charge in [-0.25, -0.2) is 0 Å². The van der Waals surface area contributed by atoms with Gasteiger partial charge in [-0.1, -0.05) is 0 Å². The van der Waals surface area contributed by atoms with Crippen molar-refractivity contribution in [3.8, 4) is 0 Å². The molecule has 0 aromatic rings. The van der Waals surface area contributed by atoms with Gasteiger partial charge < -0.3 is 24.8 Å². The lowest BCUT2D eigenvalue weighted by atomic mass is 10.1. The van der Waals surface area contributed by atoms with E-state index in [-0.39, 0.29) is 6.61 Å². The van der Waals surface area contributed by atoms with E-state index in [1.165, 1.54) is 7.11 Å². The predicted molar refractivity (Wildman–Crippen MR) is 34.8 cm³/mol. The number of hydrogen-bond donors (Lipinski definition) is 3. The van der Waals surface area contributed by atoms with Crippen LogP contribution in [0.1, 0.15) is 0 Å². The lowest BCUT2D eigenvalue weighted by Crippen LogP contribution is -2.35. The molecule has 4 atom stereocenters. The molecule has 0 saturated carbocycles. The number of methoxy groups -OCH3 is 1. The summed E-state index contributed by atoms with van der Waals surface area (Å²) >= 11 is 0. The van der Waals surface area contributed by atoms with Gasteiger partial charge in [-0.15, -0.1) is 0 Å². The van der Waals surface area contributed by atoms with Crippen molar-refractivity contribution in [1.82, 2.24) is 0 Å². The lowest BCUT2D eigenvalue weighted by Gasteiger charge is -2.14. The highest BCUT2D eigenvalue weighted by Crippen LogP contribution is 2.21. The van der Waals surface area contributed by atoms with Crippen molar-refractivity contribution in [2.75, 3.05) is 13.7 Å². The topological polar surface area (TPSA) is 79.2 Å². The zero-order chi connectivity index (χ0) is 8.43. The summed E-state index contributed by atoms with van der Waals surface area (Å²) in [5, 5.41) is 26.9. The largest absolute Gasteiger partial charge is 0.394 e. The van der Waals surface area contributed by atoms with Crippen LogP contribution in [0.25, 0.3) is 0 Å². The lowest BCUT2D eigenvalue weighted by molar-refractivity contribution is -0.139. The van der Waals surface area contributed by atoms with E-state index >= 15 is 0 Å². The van der Waals surface area contributed by atoms with Gasteiger partial charge in [0.15, 0.2) is 6.29 Å². The summed E-state index contributed by atoms with van der Waals surface area (Å²) in [7, 11) is 1.36. The molecule has 0 bridgehead atoms. The van der Waals surface area contributed by atoms with E-state index in [2.05, 4.69) is 0 Å². The minimum Gasteiger partial charge on any atom is -0.394 e. The van der Waals surface area contributed by atoms with Crippen molar-refractivity contribution in [3.05, 3.63) is 0 Å². The highest BCUT2D eigenvalue weighted by molar-refractivity contribution is 4.86. The molecule has 11 heavy (non-hydrogen) atoms. The summed E-state index contributed by atoms with van der Waals surface area (Å²) in [6.45, 7) is -0.321. The SMILES string of the molecule is CO[C@H]1[C@@H](O)[C@@H](CO)O[C@@H]1O. The quantitative estimate of drug-likeness (QED) is 0.443. The zero-order valence-electron chi connectivity index (χ0n) is 6.17. The summed E-state index contributed by atoms with van der Waals surface area (Å²) in [6, 6.07) is 0. The molecule has 0 amide bonds. The Bertz CT molecular complexity index is 128. The first-order chi connectivity index (χ1) is 5.20. The molecule has 1 aliphatic rings. The maximum absolute atomic E-state index is 9.25. The van der Waals surface area contributed by atoms with Gasteiger partial charge in [0.05, 0.1) is 6.61 Å². The summed E-state index contributed by atoms with van der Waals surface area (Å²) in [6.07, 6.45) is -3.60. The van der Waals surface area contributed by atoms with Gasteiger partial charge in [-0.05, 0) is 0 Å². The Kier molecular flexibility index (Phi) is 2.80. The monoisotopic (exact) mass is 164 g/mol. The Labute approximate surface area is 64.2 Å². The van der Waals surface area contributed by atoms with Crippen molar-refractivity contribution in [3.63, 3.8) is 0 Å². The fraction of sp³-hybridized carbons (Fsp3) is 1.00. The Morgan fingerprint density at radius 2 is 2.09 bits per heavy atom. The number of aliphatic hydroxyl groups excluding tert-OH is 3. The molecule has 1 saturated heterocycles. The van der Waals surface area contributed by atoms with Crippen LogP contribution >= 0.6 is 0 Å². The third-order valence-electron chi connectivity index (χ3n) is 1.76. The van der Waals surface area contributed by atoms with Crippen molar-refractivity contribution >= 4 is 0 Å². The Morgan fingerprint density at radius 1 is 1.45 bits per heavy atom. The van der Waals surface area contributed by atoms with E-state index in [4.69, 9.17) is 19.7 Å². The van der Waals surface area contributed by atoms with Gasteiger partial charge in [0.1, 0.15) is 18.3 Å². The standard InChI is InChI=1S/C6H12O5/c1-10-5-4(8)3(2-7)11-6(5)9/h3-9H,2H2,1H3/t3-,4+,5+,6+/m1/s1. The molecule has 66 valence electrons. The molecular formula is C6H12O5. The Hall–Kier alpha value is -0.200. The minimum atomic E-state index is -1.15. The highest BCUT2D eigenvalue weighted by atomic mass is 16.7. The van der Waals surface area contributed by atoms with Crippen LogP contribution in [-0.4, -0.2) is 53.6 Å². The number of rotatable bonds is 2. The van der Waals surface area contributed by atoms with Crippen molar-refractivity contribution in [1.29, 1.82) is 0 Å². The third-order valence-corrected chi connectivity index (χ3v) is 1.76. The third kappa shape index (κ3) is 1.52. The normalized spacial score (nSPS) is 44.7. The smallest absolute Gasteiger partial charge is 0.184 e. The molecule has 0 aromatic carbocycles. The van der Waals surface area contributed by atoms with Crippen LogP contribution in [0.3, 0.4) is 0 Å². The zero-order valence-corrected chi connectivity index (χ0v) is 6.17. The van der Waals surface area contributed by atoms with Gasteiger partial charge in [0.2, 0.25) is 0 Å². The van der Waals surface area contributed by atoms with E-state index < -0.39 is 24.6 Å². The van der Waals surface area contributed by atoms with Crippen molar-refractivity contribution in [2.24, 2.45) is 0 Å². The summed E-state index contributed by atoms with van der Waals surface area (Å²) in [5.41, 5.74) is 0. The van der Waals surface area contributed by atoms with Gasteiger partial charge in [0, 0.05) is 7.11 Å². The molecule has 0 unspecified atom stereocenters. The van der Waals surface area contributed by atoms with E-state index in [1.807, 2.05) is 0 Å². The van der Waals surface area contributed by atoms with Gasteiger partial charge in [0.25, 0.3) is 0 Å². The minimum absolute atomic E-state index is 0.321. The molecule has 1 aliphatic heterocycles. The van der Waals surface area contributed by atoms with Crippen molar-refractivity contribution in [2.45, 2.75) is 24.6 Å².